The molecule has 1 fully saturated rings. The van der Waals surface area contributed by atoms with Gasteiger partial charge in [0.2, 0.25) is 5.91 Å². The molecule has 2 unspecified atom stereocenters. The molecule has 1 saturated heterocycles. The highest BCUT2D eigenvalue weighted by Crippen LogP contribution is 2.19. The predicted molar refractivity (Wildman–Crippen MR) is 84.6 cm³/mol. The lowest BCUT2D eigenvalue weighted by Crippen LogP contribution is -2.34. The monoisotopic (exact) mass is 324 g/mol. The van der Waals surface area contributed by atoms with Crippen LogP contribution in [0.5, 0.6) is 0 Å². The van der Waals surface area contributed by atoms with Gasteiger partial charge >= 0.3 is 5.97 Å². The zero-order valence-corrected chi connectivity index (χ0v) is 13.4. The topological polar surface area (TPSA) is 67.4 Å². The molecule has 1 aromatic rings. The van der Waals surface area contributed by atoms with Crippen LogP contribution in [0.4, 0.5) is 0 Å². The Hall–Kier alpha value is -1.59. The highest BCUT2D eigenvalue weighted by Gasteiger charge is 2.24. The minimum atomic E-state index is -0.795. The Morgan fingerprint density at radius 3 is 2.73 bits per heavy atom. The van der Waals surface area contributed by atoms with Crippen LogP contribution in [0.15, 0.2) is 24.3 Å². The second kappa shape index (κ2) is 8.15. The molecule has 6 heteroatoms. The molecule has 1 heterocycles. The number of esters is 1. The van der Waals surface area contributed by atoms with Gasteiger partial charge in [0.25, 0.3) is 0 Å². The van der Waals surface area contributed by atoms with E-state index < -0.39 is 12.0 Å². The minimum Gasteiger partial charge on any atom is -0.467 e. The molecule has 0 spiro atoms. The molecule has 1 aliphatic rings. The SMILES string of the molecule is COC(=O)C(NC(=O)CCC1CCNC1)c1ccc(Cl)cc1. The Labute approximate surface area is 135 Å². The first-order chi connectivity index (χ1) is 10.6. The largest absolute Gasteiger partial charge is 0.467 e. The van der Waals surface area contributed by atoms with Crippen LogP contribution in [0.2, 0.25) is 5.02 Å². The highest BCUT2D eigenvalue weighted by molar-refractivity contribution is 6.30. The average molecular weight is 325 g/mol. The Morgan fingerprint density at radius 2 is 2.14 bits per heavy atom. The van der Waals surface area contributed by atoms with Crippen LogP contribution < -0.4 is 10.6 Å². The van der Waals surface area contributed by atoms with Gasteiger partial charge in [0.15, 0.2) is 6.04 Å². The Morgan fingerprint density at radius 1 is 1.41 bits per heavy atom. The third-order valence-corrected chi connectivity index (χ3v) is 4.14. The average Bonchev–Trinajstić information content (AvgIpc) is 3.04. The number of hydrogen-bond donors (Lipinski definition) is 2. The first kappa shape index (κ1) is 16.8. The number of methoxy groups -OCH3 is 1. The number of halogens is 1. The van der Waals surface area contributed by atoms with Crippen molar-refractivity contribution in [3.8, 4) is 0 Å². The summed E-state index contributed by atoms with van der Waals surface area (Å²) in [5.74, 6) is -0.0895. The lowest BCUT2D eigenvalue weighted by Gasteiger charge is -2.17. The Bertz CT molecular complexity index is 513. The number of nitrogens with one attached hydrogen (secondary N) is 2. The van der Waals surface area contributed by atoms with Crippen molar-refractivity contribution in [2.45, 2.75) is 25.3 Å². The minimum absolute atomic E-state index is 0.141. The summed E-state index contributed by atoms with van der Waals surface area (Å²) in [4.78, 5) is 24.0. The second-order valence-electron chi connectivity index (χ2n) is 5.47. The molecule has 1 aliphatic heterocycles. The molecule has 0 aliphatic carbocycles. The second-order valence-corrected chi connectivity index (χ2v) is 5.91. The maximum Gasteiger partial charge on any atom is 0.333 e. The Balaban J connectivity index is 1.95. The summed E-state index contributed by atoms with van der Waals surface area (Å²) in [7, 11) is 1.31. The van der Waals surface area contributed by atoms with Crippen molar-refractivity contribution in [3.05, 3.63) is 34.9 Å². The van der Waals surface area contributed by atoms with Gasteiger partial charge in [0.1, 0.15) is 0 Å². The number of hydrogen-bond acceptors (Lipinski definition) is 4. The molecule has 120 valence electrons. The van der Waals surface area contributed by atoms with Crippen LogP contribution in [0.25, 0.3) is 0 Å². The molecular weight excluding hydrogens is 304 g/mol. The van der Waals surface area contributed by atoms with Gasteiger partial charge in [-0.05, 0) is 49.5 Å². The molecule has 2 atom stereocenters. The van der Waals surface area contributed by atoms with Crippen LogP contribution >= 0.6 is 11.6 Å². The van der Waals surface area contributed by atoms with Crippen LogP contribution in [0.1, 0.15) is 30.9 Å². The first-order valence-corrected chi connectivity index (χ1v) is 7.81. The van der Waals surface area contributed by atoms with E-state index in [1.807, 2.05) is 0 Å². The summed E-state index contributed by atoms with van der Waals surface area (Å²) in [5.41, 5.74) is 0.659. The fourth-order valence-corrected chi connectivity index (χ4v) is 2.71. The lowest BCUT2D eigenvalue weighted by molar-refractivity contribution is -0.145. The van der Waals surface area contributed by atoms with Crippen molar-refractivity contribution in [3.63, 3.8) is 0 Å². The first-order valence-electron chi connectivity index (χ1n) is 7.43. The van der Waals surface area contributed by atoms with Crippen molar-refractivity contribution in [1.82, 2.24) is 10.6 Å². The summed E-state index contributed by atoms with van der Waals surface area (Å²) < 4.78 is 4.78. The zero-order valence-electron chi connectivity index (χ0n) is 12.6. The number of carbonyl (C=O) groups is 2. The zero-order chi connectivity index (χ0) is 15.9. The van der Waals surface area contributed by atoms with Crippen molar-refractivity contribution in [1.29, 1.82) is 0 Å². The summed E-state index contributed by atoms with van der Waals surface area (Å²) in [6, 6.07) is 6.00. The van der Waals surface area contributed by atoms with Gasteiger partial charge in [0, 0.05) is 11.4 Å². The van der Waals surface area contributed by atoms with E-state index in [9.17, 15) is 9.59 Å². The van der Waals surface area contributed by atoms with E-state index in [1.54, 1.807) is 24.3 Å². The van der Waals surface area contributed by atoms with Crippen LogP contribution in [0, 0.1) is 5.92 Å². The van der Waals surface area contributed by atoms with Gasteiger partial charge in [-0.2, -0.15) is 0 Å². The maximum absolute atomic E-state index is 12.1. The van der Waals surface area contributed by atoms with Crippen molar-refractivity contribution in [2.24, 2.45) is 5.92 Å². The van der Waals surface area contributed by atoms with E-state index in [4.69, 9.17) is 16.3 Å². The van der Waals surface area contributed by atoms with E-state index in [-0.39, 0.29) is 5.91 Å². The number of benzene rings is 1. The van der Waals surface area contributed by atoms with Gasteiger partial charge in [0.05, 0.1) is 7.11 Å². The lowest BCUT2D eigenvalue weighted by atomic mass is 10.0. The van der Waals surface area contributed by atoms with E-state index in [0.717, 1.165) is 25.9 Å². The summed E-state index contributed by atoms with van der Waals surface area (Å²) in [6.45, 7) is 1.98. The van der Waals surface area contributed by atoms with E-state index in [1.165, 1.54) is 7.11 Å². The standard InChI is InChI=1S/C16H21ClN2O3/c1-22-16(21)15(12-3-5-13(17)6-4-12)19-14(20)7-2-11-8-9-18-10-11/h3-6,11,15,18H,2,7-10H2,1H3,(H,19,20). The van der Waals surface area contributed by atoms with Gasteiger partial charge in [-0.1, -0.05) is 23.7 Å². The molecule has 0 saturated carbocycles. The molecule has 0 bridgehead atoms. The Kier molecular flexibility index (Phi) is 6.21. The molecule has 0 radical (unpaired) electrons. The van der Waals surface area contributed by atoms with Gasteiger partial charge < -0.3 is 15.4 Å². The normalized spacial score (nSPS) is 18.7. The van der Waals surface area contributed by atoms with Crippen molar-refractivity contribution < 1.29 is 14.3 Å². The van der Waals surface area contributed by atoms with Gasteiger partial charge in [-0.25, -0.2) is 4.79 Å². The maximum atomic E-state index is 12.1. The van der Waals surface area contributed by atoms with Crippen LogP contribution in [-0.4, -0.2) is 32.1 Å². The molecule has 1 aromatic carbocycles. The number of ether oxygens (including phenoxy) is 1. The summed E-state index contributed by atoms with van der Waals surface area (Å²) in [6.07, 6.45) is 2.34. The van der Waals surface area contributed by atoms with Gasteiger partial charge in [-0.15, -0.1) is 0 Å². The fraction of sp³-hybridized carbons (Fsp3) is 0.500. The smallest absolute Gasteiger partial charge is 0.333 e. The summed E-state index contributed by atoms with van der Waals surface area (Å²) in [5, 5.41) is 6.60. The van der Waals surface area contributed by atoms with Gasteiger partial charge in [-0.3, -0.25) is 4.79 Å². The van der Waals surface area contributed by atoms with E-state index >= 15 is 0 Å². The molecule has 22 heavy (non-hydrogen) atoms. The quantitative estimate of drug-likeness (QED) is 0.786. The van der Waals surface area contributed by atoms with E-state index in [0.29, 0.717) is 22.9 Å². The molecule has 0 aromatic heterocycles. The van der Waals surface area contributed by atoms with Crippen molar-refractivity contribution >= 4 is 23.5 Å². The number of rotatable bonds is 6. The molecule has 5 nitrogen and oxygen atoms in total. The molecule has 1 amide bonds. The van der Waals surface area contributed by atoms with Crippen LogP contribution in [0.3, 0.4) is 0 Å². The molecule has 2 rings (SSSR count). The van der Waals surface area contributed by atoms with Crippen LogP contribution in [-0.2, 0) is 14.3 Å². The summed E-state index contributed by atoms with van der Waals surface area (Å²) >= 11 is 5.85. The molecular formula is C16H21ClN2O3. The van der Waals surface area contributed by atoms with Crippen molar-refractivity contribution in [2.75, 3.05) is 20.2 Å². The number of carbonyl (C=O) groups excluding carboxylic acids is 2. The molecule has 2 N–H and O–H groups in total. The predicted octanol–water partition coefficient (Wildman–Crippen LogP) is 2.06. The number of amides is 1. The van der Waals surface area contributed by atoms with E-state index in [2.05, 4.69) is 10.6 Å². The third-order valence-electron chi connectivity index (χ3n) is 3.89. The fourth-order valence-electron chi connectivity index (χ4n) is 2.58. The highest BCUT2D eigenvalue weighted by atomic mass is 35.5. The third kappa shape index (κ3) is 4.71.